The first-order chi connectivity index (χ1) is 9.48. The topological polar surface area (TPSA) is 46.3 Å². The van der Waals surface area contributed by atoms with Crippen LogP contribution in [0.25, 0.3) is 0 Å². The Balaban J connectivity index is 1.77. The molecule has 1 unspecified atom stereocenters. The molecule has 3 rings (SSSR count). The summed E-state index contributed by atoms with van der Waals surface area (Å²) in [6.45, 7) is 2.30. The van der Waals surface area contributed by atoms with Gasteiger partial charge < -0.3 is 10.6 Å². The minimum absolute atomic E-state index is 0.0201. The molecule has 3 nitrogen and oxygen atoms in total. The predicted octanol–water partition coefficient (Wildman–Crippen LogP) is 2.44. The third-order valence-electron chi connectivity index (χ3n) is 4.38. The average Bonchev–Trinajstić information content (AvgIpc) is 3.28. The van der Waals surface area contributed by atoms with E-state index in [1.807, 2.05) is 17.9 Å². The summed E-state index contributed by atoms with van der Waals surface area (Å²) in [4.78, 5) is 14.6. The molecule has 0 heterocycles. The van der Waals surface area contributed by atoms with Gasteiger partial charge in [-0.1, -0.05) is 12.1 Å². The van der Waals surface area contributed by atoms with Gasteiger partial charge in [-0.05, 0) is 56.2 Å². The first-order valence-corrected chi connectivity index (χ1v) is 7.33. The fraction of sp³-hybridized carbons (Fsp3) is 0.562. The van der Waals surface area contributed by atoms with Gasteiger partial charge in [0.2, 0.25) is 5.91 Å². The third kappa shape index (κ3) is 2.70. The van der Waals surface area contributed by atoms with E-state index in [1.165, 1.54) is 12.1 Å². The van der Waals surface area contributed by atoms with Crippen LogP contribution in [-0.2, 0) is 11.3 Å². The van der Waals surface area contributed by atoms with Gasteiger partial charge >= 0.3 is 0 Å². The van der Waals surface area contributed by atoms with Crippen LogP contribution >= 0.6 is 0 Å². The lowest BCUT2D eigenvalue weighted by Gasteiger charge is -2.32. The van der Waals surface area contributed by atoms with Crippen LogP contribution in [0, 0.1) is 11.7 Å². The molecule has 108 valence electrons. The second-order valence-electron chi connectivity index (χ2n) is 6.35. The highest BCUT2D eigenvalue weighted by Gasteiger charge is 2.48. The Labute approximate surface area is 118 Å². The highest BCUT2D eigenvalue weighted by Crippen LogP contribution is 2.41. The molecule has 1 amide bonds. The molecule has 1 aromatic carbocycles. The van der Waals surface area contributed by atoms with E-state index >= 15 is 0 Å². The smallest absolute Gasteiger partial charge is 0.243 e. The lowest BCUT2D eigenvalue weighted by Crippen LogP contribution is -2.55. The maximum atomic E-state index is 13.3. The lowest BCUT2D eigenvalue weighted by atomic mass is 9.95. The van der Waals surface area contributed by atoms with Crippen LogP contribution in [0.5, 0.6) is 0 Å². The van der Waals surface area contributed by atoms with Crippen molar-refractivity contribution < 1.29 is 9.18 Å². The Morgan fingerprint density at radius 2 is 2.10 bits per heavy atom. The highest BCUT2D eigenvalue weighted by atomic mass is 19.1. The second-order valence-corrected chi connectivity index (χ2v) is 6.35. The Hall–Kier alpha value is -1.42. The summed E-state index contributed by atoms with van der Waals surface area (Å²) >= 11 is 0. The molecule has 2 aliphatic rings. The van der Waals surface area contributed by atoms with Crippen LogP contribution in [0.2, 0.25) is 0 Å². The molecular weight excluding hydrogens is 255 g/mol. The Morgan fingerprint density at radius 1 is 1.40 bits per heavy atom. The maximum absolute atomic E-state index is 13.3. The fourth-order valence-corrected chi connectivity index (χ4v) is 2.75. The largest absolute Gasteiger partial charge is 0.334 e. The standard InChI is InChI=1S/C16H21FN2O/c1-16(18,12-5-6-12)15(20)19(14-7-8-14)10-11-3-2-4-13(17)9-11/h2-4,9,12,14H,5-8,10,18H2,1H3. The predicted molar refractivity (Wildman–Crippen MR) is 75.3 cm³/mol. The van der Waals surface area contributed by atoms with Gasteiger partial charge in [0.15, 0.2) is 0 Å². The van der Waals surface area contributed by atoms with Crippen molar-refractivity contribution in [1.29, 1.82) is 0 Å². The highest BCUT2D eigenvalue weighted by molar-refractivity contribution is 5.87. The van der Waals surface area contributed by atoms with Crippen molar-refractivity contribution in [3.63, 3.8) is 0 Å². The maximum Gasteiger partial charge on any atom is 0.243 e. The number of hydrogen-bond donors (Lipinski definition) is 1. The molecule has 2 N–H and O–H groups in total. The van der Waals surface area contributed by atoms with Crippen molar-refractivity contribution in [1.82, 2.24) is 4.90 Å². The number of rotatable bonds is 5. The van der Waals surface area contributed by atoms with Crippen molar-refractivity contribution >= 4 is 5.91 Å². The Kier molecular flexibility index (Phi) is 3.28. The van der Waals surface area contributed by atoms with Crippen molar-refractivity contribution in [3.8, 4) is 0 Å². The molecule has 1 atom stereocenters. The summed E-state index contributed by atoms with van der Waals surface area (Å²) in [6, 6.07) is 6.74. The van der Waals surface area contributed by atoms with E-state index in [1.54, 1.807) is 6.07 Å². The summed E-state index contributed by atoms with van der Waals surface area (Å²) in [7, 11) is 0. The summed E-state index contributed by atoms with van der Waals surface area (Å²) in [5.74, 6) is 0.0684. The van der Waals surface area contributed by atoms with E-state index in [-0.39, 0.29) is 17.8 Å². The molecule has 2 fully saturated rings. The first kappa shape index (κ1) is 13.6. The molecule has 0 saturated heterocycles. The molecule has 4 heteroatoms. The van der Waals surface area contributed by atoms with E-state index in [4.69, 9.17) is 5.73 Å². The molecule has 0 bridgehead atoms. The molecule has 2 aliphatic carbocycles. The molecule has 20 heavy (non-hydrogen) atoms. The Morgan fingerprint density at radius 3 is 2.65 bits per heavy atom. The van der Waals surface area contributed by atoms with E-state index < -0.39 is 5.54 Å². The van der Waals surface area contributed by atoms with Gasteiger partial charge in [0.25, 0.3) is 0 Å². The van der Waals surface area contributed by atoms with Gasteiger partial charge in [0.1, 0.15) is 5.82 Å². The zero-order chi connectivity index (χ0) is 14.3. The van der Waals surface area contributed by atoms with Gasteiger partial charge in [-0.2, -0.15) is 0 Å². The monoisotopic (exact) mass is 276 g/mol. The molecular formula is C16H21FN2O. The van der Waals surface area contributed by atoms with Crippen LogP contribution < -0.4 is 5.73 Å². The van der Waals surface area contributed by atoms with Gasteiger partial charge in [-0.3, -0.25) is 4.79 Å². The molecule has 1 aromatic rings. The SMILES string of the molecule is CC(N)(C(=O)N(Cc1cccc(F)c1)C1CC1)C1CC1. The molecule has 0 radical (unpaired) electrons. The second kappa shape index (κ2) is 4.85. The quantitative estimate of drug-likeness (QED) is 0.898. The lowest BCUT2D eigenvalue weighted by molar-refractivity contribution is -0.138. The van der Waals surface area contributed by atoms with E-state index in [0.717, 1.165) is 31.2 Å². The summed E-state index contributed by atoms with van der Waals surface area (Å²) in [6.07, 6.45) is 4.14. The normalized spacial score (nSPS) is 21.4. The average molecular weight is 276 g/mol. The van der Waals surface area contributed by atoms with Crippen LogP contribution in [0.3, 0.4) is 0 Å². The summed E-state index contributed by atoms with van der Waals surface area (Å²) in [5, 5.41) is 0. The Bertz CT molecular complexity index is 521. The number of amides is 1. The van der Waals surface area contributed by atoms with Gasteiger partial charge in [-0.25, -0.2) is 4.39 Å². The van der Waals surface area contributed by atoms with E-state index in [9.17, 15) is 9.18 Å². The zero-order valence-electron chi connectivity index (χ0n) is 11.8. The number of carbonyl (C=O) groups excluding carboxylic acids is 1. The molecule has 0 spiro atoms. The van der Waals surface area contributed by atoms with E-state index in [2.05, 4.69) is 0 Å². The van der Waals surface area contributed by atoms with Crippen molar-refractivity contribution in [2.75, 3.05) is 0 Å². The number of nitrogens with two attached hydrogens (primary N) is 1. The number of nitrogens with zero attached hydrogens (tertiary/aromatic N) is 1. The summed E-state index contributed by atoms with van der Waals surface area (Å²) < 4.78 is 13.3. The minimum atomic E-state index is -0.768. The number of halogens is 1. The van der Waals surface area contributed by atoms with Gasteiger partial charge in [0.05, 0.1) is 5.54 Å². The van der Waals surface area contributed by atoms with Crippen molar-refractivity contribution in [2.45, 2.75) is 50.7 Å². The number of carbonyl (C=O) groups is 1. The molecule has 0 aromatic heterocycles. The molecule has 0 aliphatic heterocycles. The van der Waals surface area contributed by atoms with Crippen LogP contribution in [0.1, 0.15) is 38.2 Å². The van der Waals surface area contributed by atoms with Crippen molar-refractivity contribution in [3.05, 3.63) is 35.6 Å². The van der Waals surface area contributed by atoms with Crippen LogP contribution in [-0.4, -0.2) is 22.4 Å². The van der Waals surface area contributed by atoms with Crippen LogP contribution in [0.4, 0.5) is 4.39 Å². The third-order valence-corrected chi connectivity index (χ3v) is 4.38. The minimum Gasteiger partial charge on any atom is -0.334 e. The van der Waals surface area contributed by atoms with Crippen LogP contribution in [0.15, 0.2) is 24.3 Å². The number of benzene rings is 1. The number of hydrogen-bond acceptors (Lipinski definition) is 2. The van der Waals surface area contributed by atoms with Crippen molar-refractivity contribution in [2.24, 2.45) is 11.7 Å². The summed E-state index contributed by atoms with van der Waals surface area (Å²) in [5.41, 5.74) is 6.31. The van der Waals surface area contributed by atoms with Gasteiger partial charge in [-0.15, -0.1) is 0 Å². The fourth-order valence-electron chi connectivity index (χ4n) is 2.75. The molecule has 2 saturated carbocycles. The van der Waals surface area contributed by atoms with E-state index in [0.29, 0.717) is 12.5 Å². The zero-order valence-corrected chi connectivity index (χ0v) is 11.8. The van der Waals surface area contributed by atoms with Gasteiger partial charge in [0, 0.05) is 12.6 Å². The first-order valence-electron chi connectivity index (χ1n) is 7.33.